The summed E-state index contributed by atoms with van der Waals surface area (Å²) in [5.74, 6) is -3.42. The monoisotopic (exact) mass is 1450 g/mol. The Labute approximate surface area is 562 Å². The van der Waals surface area contributed by atoms with Gasteiger partial charge in [0.05, 0.1) is 51.8 Å². The number of hydrogen-bond acceptors (Lipinski definition) is 39. The molecule has 8 saturated heterocycles. The minimum absolute atomic E-state index is 0.767. The van der Waals surface area contributed by atoms with Crippen LogP contribution in [-0.2, 0) is 90.2 Å². The molecule has 99 heavy (non-hydrogen) atoms. The van der Waals surface area contributed by atoms with Crippen LogP contribution in [0.25, 0.3) is 0 Å². The number of carbonyl (C=O) groups is 4. The Morgan fingerprint density at radius 3 is 1.14 bits per heavy atom. The van der Waals surface area contributed by atoms with Gasteiger partial charge in [0.2, 0.25) is 23.6 Å². The third kappa shape index (κ3) is 18.1. The van der Waals surface area contributed by atoms with Gasteiger partial charge in [0, 0.05) is 27.7 Å². The maximum Gasteiger partial charge on any atom is 0.217 e. The van der Waals surface area contributed by atoms with E-state index in [2.05, 4.69) is 21.3 Å². The summed E-state index contributed by atoms with van der Waals surface area (Å²) in [5, 5.41) is 231. The van der Waals surface area contributed by atoms with Crippen LogP contribution < -0.4 is 21.3 Å². The van der Waals surface area contributed by atoms with Crippen molar-refractivity contribution >= 4 is 23.6 Å². The number of ether oxygens (including phenoxy) is 15. The molecule has 8 aliphatic heterocycles. The van der Waals surface area contributed by atoms with Gasteiger partial charge in [-0.25, -0.2) is 0 Å². The molecule has 4 amide bonds. The van der Waals surface area contributed by atoms with Crippen LogP contribution in [0.3, 0.4) is 0 Å². The van der Waals surface area contributed by atoms with E-state index < -0.39 is 309 Å². The highest BCUT2D eigenvalue weighted by Crippen LogP contribution is 2.40. The van der Waals surface area contributed by atoms with Crippen molar-refractivity contribution in [2.45, 2.75) is 287 Å². The quantitative estimate of drug-likeness (QED) is 0.0427. The third-order valence-electron chi connectivity index (χ3n) is 18.2. The number of amides is 4. The number of hydrogen-bond donors (Lipinski definition) is 24. The Morgan fingerprint density at radius 2 is 0.626 bits per heavy atom. The first-order chi connectivity index (χ1) is 46.7. The maximum atomic E-state index is 13.4. The molecule has 8 rings (SSSR count). The average molecular weight is 1450 g/mol. The van der Waals surface area contributed by atoms with Crippen LogP contribution in [0.1, 0.15) is 41.5 Å². The standard InChI is InChI=1S/C56H94N4O39/c1-13-29(70)37(78)40(81)53(86-13)97-46-28(60-18(6)69)52(93-23(11-65)44(46)95-55-42(83)39(80)32(73)20(8-62)90-55)98-47-33(74)21(9-63)91-56(48(47)99-54-41(82)38(79)30(71)14(2)87-54)94-43-22(10-64)92-50(26(36(43)77)58-16(4)67)85-12-24-34(75)45(27(49(84)88-24)59-17(5)68)96-51-25(57-15(3)66)35(76)31(72)19(7-61)89-51/h13-14,19-56,61-65,70-84H,7-12H2,1-6H3,(H,57,66)(H,58,67)(H,59,68)(H,60,69)/t13-,14-,19+,20+,21+,22+,23+,24+,25+,26+,27+,28+,29+,30+,31+,32-,33-,34-,35+,36+,37+,38+,39-,40-,41-,42+,43+,44+,45+,46+,47-,48+,49?,50+,51-,52-,53-,54-,55-,56-/m0/s1. The van der Waals surface area contributed by atoms with Gasteiger partial charge < -0.3 is 194 Å². The highest BCUT2D eigenvalue weighted by Gasteiger charge is 2.61. The molecule has 0 spiro atoms. The SMILES string of the molecule is CC(=O)N[C@H]1[C@H](OC[C@H]2OC(O)[C@H](NC(C)=O)[C@@H](O[C@@H]3O[C@H](CO)[C@@H](O)[C@H](O)[C@H]3NC(C)=O)[C@H]2O)O[C@H](CO)[C@@H](O[C@@H]2O[C@H](CO)[C@H](O)[C@H](O[C@@H]3O[C@H](CO)[C@@H](O[C@@H]4O[C@H](CO)[C@H](O)[C@H](O)[C@H]4O)[C@H](O[C@@H]4O[C@@H](C)[C@@H](O)[C@@H](O)[C@@H]4O)[C@H]3NC(C)=O)[C@H]2O[C@@H]2O[C@@H](C)[C@@H](O)[C@@H](O)[C@@H]2O)[C@@H]1O. The molecule has 0 bridgehead atoms. The molecule has 8 heterocycles. The summed E-state index contributed by atoms with van der Waals surface area (Å²) < 4.78 is 90.3. The second-order valence-electron chi connectivity index (χ2n) is 25.3. The van der Waals surface area contributed by atoms with E-state index >= 15 is 0 Å². The fourth-order valence-electron chi connectivity index (χ4n) is 12.9. The molecule has 8 fully saturated rings. The molecule has 572 valence electrons. The van der Waals surface area contributed by atoms with Crippen molar-refractivity contribution in [3.05, 3.63) is 0 Å². The lowest BCUT2D eigenvalue weighted by molar-refractivity contribution is -0.406. The Balaban J connectivity index is 1.12. The fourth-order valence-corrected chi connectivity index (χ4v) is 12.9. The van der Waals surface area contributed by atoms with Gasteiger partial charge in [-0.05, 0) is 13.8 Å². The van der Waals surface area contributed by atoms with Crippen molar-refractivity contribution in [2.75, 3.05) is 39.6 Å². The molecule has 0 aromatic carbocycles. The van der Waals surface area contributed by atoms with Crippen molar-refractivity contribution in [3.63, 3.8) is 0 Å². The zero-order chi connectivity index (χ0) is 73.1. The number of nitrogens with one attached hydrogen (secondary N) is 4. The number of carbonyl (C=O) groups excluding carboxylic acids is 4. The second kappa shape index (κ2) is 35.0. The summed E-state index contributed by atoms with van der Waals surface area (Å²) in [7, 11) is 0. The molecule has 0 aliphatic carbocycles. The van der Waals surface area contributed by atoms with Crippen LogP contribution >= 0.6 is 0 Å². The van der Waals surface area contributed by atoms with E-state index in [1.54, 1.807) is 0 Å². The molecule has 0 aromatic heterocycles. The molecule has 43 nitrogen and oxygen atoms in total. The molecule has 43 heteroatoms. The van der Waals surface area contributed by atoms with E-state index in [-0.39, 0.29) is 0 Å². The Hall–Kier alpha value is -3.52. The van der Waals surface area contributed by atoms with E-state index in [0.717, 1.165) is 27.7 Å². The van der Waals surface area contributed by atoms with Gasteiger partial charge in [-0.2, -0.15) is 0 Å². The molecule has 40 atom stereocenters. The summed E-state index contributed by atoms with van der Waals surface area (Å²) in [6, 6.07) is -7.09. The van der Waals surface area contributed by atoms with Gasteiger partial charge >= 0.3 is 0 Å². The largest absolute Gasteiger partial charge is 0.394 e. The minimum atomic E-state index is -2.28. The molecule has 24 N–H and O–H groups in total. The van der Waals surface area contributed by atoms with E-state index in [9.17, 15) is 121 Å². The lowest BCUT2D eigenvalue weighted by Crippen LogP contribution is -2.72. The van der Waals surface area contributed by atoms with E-state index in [0.29, 0.717) is 0 Å². The van der Waals surface area contributed by atoms with Crippen molar-refractivity contribution in [3.8, 4) is 0 Å². The summed E-state index contributed by atoms with van der Waals surface area (Å²) >= 11 is 0. The summed E-state index contributed by atoms with van der Waals surface area (Å²) in [4.78, 5) is 51.2. The van der Waals surface area contributed by atoms with E-state index in [4.69, 9.17) is 71.1 Å². The van der Waals surface area contributed by atoms with E-state index in [1.807, 2.05) is 0 Å². The highest BCUT2D eigenvalue weighted by atomic mass is 16.8. The van der Waals surface area contributed by atoms with Crippen molar-refractivity contribution in [2.24, 2.45) is 0 Å². The molecule has 0 saturated carbocycles. The zero-order valence-corrected chi connectivity index (χ0v) is 54.0. The average Bonchev–Trinajstić information content (AvgIpc) is 0.758. The fraction of sp³-hybridized carbons (Fsp3) is 0.929. The molecule has 1 unspecified atom stereocenters. The van der Waals surface area contributed by atoms with Gasteiger partial charge in [-0.1, -0.05) is 0 Å². The topological polar surface area (TPSA) is 659 Å². The number of aliphatic hydroxyl groups is 20. The van der Waals surface area contributed by atoms with Crippen LogP contribution in [0.15, 0.2) is 0 Å². The van der Waals surface area contributed by atoms with Crippen LogP contribution in [-0.4, -0.2) is 411 Å². The predicted molar refractivity (Wildman–Crippen MR) is 308 cm³/mol. The molecule has 0 aromatic rings. The molecular weight excluding hydrogens is 1350 g/mol. The van der Waals surface area contributed by atoms with Crippen LogP contribution in [0.2, 0.25) is 0 Å². The lowest BCUT2D eigenvalue weighted by Gasteiger charge is -2.52. The minimum Gasteiger partial charge on any atom is -0.394 e. The van der Waals surface area contributed by atoms with E-state index in [1.165, 1.54) is 13.8 Å². The highest BCUT2D eigenvalue weighted by molar-refractivity contribution is 5.74. The number of rotatable bonds is 24. The normalized spacial score (nSPS) is 49.1. The Kier molecular flexibility index (Phi) is 28.7. The molecular formula is C56H94N4O39. The van der Waals surface area contributed by atoms with Crippen molar-refractivity contribution < 1.29 is 192 Å². The van der Waals surface area contributed by atoms with Crippen LogP contribution in [0.5, 0.6) is 0 Å². The maximum absolute atomic E-state index is 13.4. The van der Waals surface area contributed by atoms with Crippen molar-refractivity contribution in [1.29, 1.82) is 0 Å². The van der Waals surface area contributed by atoms with Gasteiger partial charge in [0.1, 0.15) is 183 Å². The summed E-state index contributed by atoms with van der Waals surface area (Å²) in [6.45, 7) is 0.271. The Bertz CT molecular complexity index is 2600. The zero-order valence-electron chi connectivity index (χ0n) is 54.0. The van der Waals surface area contributed by atoms with Gasteiger partial charge in [0.15, 0.2) is 50.3 Å². The smallest absolute Gasteiger partial charge is 0.217 e. The van der Waals surface area contributed by atoms with Gasteiger partial charge in [-0.3, -0.25) is 19.2 Å². The third-order valence-corrected chi connectivity index (χ3v) is 18.2. The first kappa shape index (κ1) is 81.2. The predicted octanol–water partition coefficient (Wildman–Crippen LogP) is -15.8. The second-order valence-corrected chi connectivity index (χ2v) is 25.3. The first-order valence-electron chi connectivity index (χ1n) is 31.8. The molecule has 8 aliphatic rings. The molecule has 0 radical (unpaired) electrons. The van der Waals surface area contributed by atoms with Crippen LogP contribution in [0, 0.1) is 0 Å². The van der Waals surface area contributed by atoms with Gasteiger partial charge in [0.25, 0.3) is 0 Å². The van der Waals surface area contributed by atoms with Crippen molar-refractivity contribution in [1.82, 2.24) is 21.3 Å². The Morgan fingerprint density at radius 1 is 0.283 bits per heavy atom. The first-order valence-corrected chi connectivity index (χ1v) is 31.8. The van der Waals surface area contributed by atoms with Gasteiger partial charge in [-0.15, -0.1) is 0 Å². The van der Waals surface area contributed by atoms with Crippen LogP contribution in [0.4, 0.5) is 0 Å². The lowest BCUT2D eigenvalue weighted by atomic mass is 9.93. The summed E-state index contributed by atoms with van der Waals surface area (Å²) in [6.07, 6.45) is -70.3. The summed E-state index contributed by atoms with van der Waals surface area (Å²) in [5.41, 5.74) is 0. The number of aliphatic hydroxyl groups excluding tert-OH is 20.